The summed E-state index contributed by atoms with van der Waals surface area (Å²) in [5.41, 5.74) is 2.70. The van der Waals surface area contributed by atoms with E-state index in [0.717, 1.165) is 0 Å². The lowest BCUT2D eigenvalue weighted by atomic mass is 10.1. The number of fused-ring (bicyclic) bond motifs is 1. The molecule has 2 aromatic heterocycles. The molecule has 4 rings (SSSR count). The van der Waals surface area contributed by atoms with Crippen LogP contribution in [0.4, 0.5) is 14.9 Å². The smallest absolute Gasteiger partial charge is 0.317 e. The molecule has 168 valence electrons. The highest BCUT2D eigenvalue weighted by molar-refractivity contribution is 5.83. The van der Waals surface area contributed by atoms with Crippen LogP contribution in [0.2, 0.25) is 0 Å². The maximum atomic E-state index is 14.5. The second-order valence-electron chi connectivity index (χ2n) is 7.60. The molecule has 2 amide bonds. The van der Waals surface area contributed by atoms with E-state index in [-0.39, 0.29) is 30.4 Å². The quantitative estimate of drug-likeness (QED) is 0.651. The van der Waals surface area contributed by atoms with Crippen LogP contribution in [0.15, 0.2) is 36.7 Å². The Morgan fingerprint density at radius 2 is 2.12 bits per heavy atom. The molecule has 0 bridgehead atoms. The molecule has 3 heterocycles. The summed E-state index contributed by atoms with van der Waals surface area (Å²) in [5.74, 6) is -0.0655. The van der Waals surface area contributed by atoms with Gasteiger partial charge in [-0.25, -0.2) is 19.2 Å². The molecular weight excluding hydrogens is 415 g/mol. The fourth-order valence-electron chi connectivity index (χ4n) is 3.56. The number of pyridine rings is 1. The van der Waals surface area contributed by atoms with Gasteiger partial charge in [-0.05, 0) is 18.2 Å². The van der Waals surface area contributed by atoms with Gasteiger partial charge in [-0.2, -0.15) is 0 Å². The first-order valence-electron chi connectivity index (χ1n) is 10.3. The van der Waals surface area contributed by atoms with E-state index in [1.54, 1.807) is 61.5 Å². The molecule has 3 aromatic rings. The third-order valence-electron chi connectivity index (χ3n) is 5.20. The number of nitrogens with zero attached hydrogens (tertiary/aromatic N) is 5. The Labute approximate surface area is 185 Å². The first-order chi connectivity index (χ1) is 15.5. The first kappa shape index (κ1) is 21.7. The Kier molecular flexibility index (Phi) is 6.31. The van der Waals surface area contributed by atoms with Crippen molar-refractivity contribution in [3.8, 4) is 17.1 Å². The first-order valence-corrected chi connectivity index (χ1v) is 10.3. The second kappa shape index (κ2) is 9.31. The van der Waals surface area contributed by atoms with Gasteiger partial charge in [0, 0.05) is 45.6 Å². The molecule has 1 aliphatic heterocycles. The summed E-state index contributed by atoms with van der Waals surface area (Å²) in [4.78, 5) is 28.6. The summed E-state index contributed by atoms with van der Waals surface area (Å²) in [6.07, 6.45) is 2.83. The zero-order chi connectivity index (χ0) is 22.7. The molecule has 1 atom stereocenters. The number of hydrogen-bond acceptors (Lipinski definition) is 7. The Morgan fingerprint density at radius 1 is 1.31 bits per heavy atom. The van der Waals surface area contributed by atoms with E-state index in [0.29, 0.717) is 47.7 Å². The lowest BCUT2D eigenvalue weighted by Gasteiger charge is -2.32. The van der Waals surface area contributed by atoms with E-state index >= 15 is 0 Å². The van der Waals surface area contributed by atoms with Gasteiger partial charge >= 0.3 is 6.03 Å². The van der Waals surface area contributed by atoms with Crippen molar-refractivity contribution in [3.63, 3.8) is 0 Å². The van der Waals surface area contributed by atoms with Crippen molar-refractivity contribution >= 4 is 22.8 Å². The number of rotatable bonds is 5. The number of morpholine rings is 1. The molecule has 0 unspecified atom stereocenters. The monoisotopic (exact) mass is 440 g/mol. The number of ether oxygens (including phenoxy) is 2. The van der Waals surface area contributed by atoms with Crippen LogP contribution < -0.4 is 15.0 Å². The number of hydrogen-bond donors (Lipinski definition) is 1. The van der Waals surface area contributed by atoms with Crippen LogP contribution in [0, 0.1) is 5.82 Å². The van der Waals surface area contributed by atoms with Crippen LogP contribution in [0.25, 0.3) is 22.3 Å². The van der Waals surface area contributed by atoms with E-state index in [1.165, 1.54) is 6.07 Å². The summed E-state index contributed by atoms with van der Waals surface area (Å²) in [5, 5.41) is 2.62. The Morgan fingerprint density at radius 3 is 2.88 bits per heavy atom. The topological polar surface area (TPSA) is 92.7 Å². The predicted octanol–water partition coefficient (Wildman–Crippen LogP) is 2.32. The number of anilines is 1. The van der Waals surface area contributed by atoms with Gasteiger partial charge in [0.2, 0.25) is 5.88 Å². The normalized spacial score (nSPS) is 16.1. The van der Waals surface area contributed by atoms with Crippen LogP contribution in [-0.4, -0.2) is 79.4 Å². The fourth-order valence-corrected chi connectivity index (χ4v) is 3.56. The van der Waals surface area contributed by atoms with Crippen molar-refractivity contribution in [3.05, 3.63) is 42.5 Å². The van der Waals surface area contributed by atoms with Crippen molar-refractivity contribution in [2.24, 2.45) is 0 Å². The average Bonchev–Trinajstić information content (AvgIpc) is 2.81. The van der Waals surface area contributed by atoms with Gasteiger partial charge < -0.3 is 24.6 Å². The molecule has 1 aliphatic rings. The van der Waals surface area contributed by atoms with Gasteiger partial charge in [0.05, 0.1) is 30.0 Å². The maximum absolute atomic E-state index is 14.5. The number of benzene rings is 1. The molecule has 1 fully saturated rings. The molecule has 0 aliphatic carbocycles. The zero-order valence-corrected chi connectivity index (χ0v) is 18.2. The fraction of sp³-hybridized carbons (Fsp3) is 0.364. The van der Waals surface area contributed by atoms with Crippen molar-refractivity contribution in [1.29, 1.82) is 0 Å². The molecular formula is C22H25FN6O3. The zero-order valence-electron chi connectivity index (χ0n) is 18.2. The second-order valence-corrected chi connectivity index (χ2v) is 7.60. The standard InChI is InChI=1S/C22H25FN6O3/c1-24-22(30)29-8-9-31-15(12-29)13-32-21-20-18(25-6-7-26-20)11-17(27-21)14-4-5-19(28(2)3)16(23)10-14/h4-7,10-11,15H,8-9,12-13H2,1-3H3,(H,24,30)/t15-/m0/s1. The molecule has 9 nitrogen and oxygen atoms in total. The summed E-state index contributed by atoms with van der Waals surface area (Å²) in [6, 6.07) is 6.55. The SMILES string of the molecule is CNC(=O)N1CCO[C@H](COc2nc(-c3ccc(N(C)C)c(F)c3)cc3nccnc23)C1. The van der Waals surface area contributed by atoms with Gasteiger partial charge in [-0.15, -0.1) is 0 Å². The van der Waals surface area contributed by atoms with E-state index in [9.17, 15) is 9.18 Å². The summed E-state index contributed by atoms with van der Waals surface area (Å²) in [6.45, 7) is 1.53. The number of carbonyl (C=O) groups excluding carboxylic acids is 1. The number of halogens is 1. The van der Waals surface area contributed by atoms with Crippen molar-refractivity contribution in [1.82, 2.24) is 25.2 Å². The van der Waals surface area contributed by atoms with E-state index in [2.05, 4.69) is 20.3 Å². The Bertz CT molecular complexity index is 1130. The van der Waals surface area contributed by atoms with Crippen molar-refractivity contribution in [2.45, 2.75) is 6.10 Å². The third-order valence-corrected chi connectivity index (χ3v) is 5.20. The molecule has 1 aromatic carbocycles. The van der Waals surface area contributed by atoms with Gasteiger partial charge in [0.1, 0.15) is 18.5 Å². The third kappa shape index (κ3) is 4.54. The minimum absolute atomic E-state index is 0.155. The van der Waals surface area contributed by atoms with Crippen LogP contribution in [0.5, 0.6) is 5.88 Å². The average molecular weight is 440 g/mol. The van der Waals surface area contributed by atoms with Gasteiger partial charge in [-0.3, -0.25) is 4.98 Å². The molecule has 32 heavy (non-hydrogen) atoms. The number of amides is 2. The van der Waals surface area contributed by atoms with E-state index in [4.69, 9.17) is 9.47 Å². The maximum Gasteiger partial charge on any atom is 0.317 e. The Balaban J connectivity index is 1.60. The van der Waals surface area contributed by atoms with Gasteiger partial charge in [0.25, 0.3) is 0 Å². The summed E-state index contributed by atoms with van der Waals surface area (Å²) in [7, 11) is 5.16. The lowest BCUT2D eigenvalue weighted by molar-refractivity contribution is -0.0354. The van der Waals surface area contributed by atoms with Crippen LogP contribution in [0.3, 0.4) is 0 Å². The van der Waals surface area contributed by atoms with E-state index in [1.807, 2.05) is 0 Å². The van der Waals surface area contributed by atoms with Crippen molar-refractivity contribution < 1.29 is 18.7 Å². The molecule has 10 heteroatoms. The highest BCUT2D eigenvalue weighted by atomic mass is 19.1. The number of nitrogens with one attached hydrogen (secondary N) is 1. The highest BCUT2D eigenvalue weighted by Crippen LogP contribution is 2.29. The van der Waals surface area contributed by atoms with Crippen LogP contribution >= 0.6 is 0 Å². The minimum Gasteiger partial charge on any atom is -0.473 e. The summed E-state index contributed by atoms with van der Waals surface area (Å²) < 4.78 is 26.3. The largest absolute Gasteiger partial charge is 0.473 e. The predicted molar refractivity (Wildman–Crippen MR) is 118 cm³/mol. The molecule has 1 saturated heterocycles. The van der Waals surface area contributed by atoms with Gasteiger partial charge in [-0.1, -0.05) is 6.07 Å². The number of aromatic nitrogens is 3. The number of carbonyl (C=O) groups is 1. The molecule has 1 N–H and O–H groups in total. The van der Waals surface area contributed by atoms with Crippen LogP contribution in [-0.2, 0) is 4.74 Å². The Hall–Kier alpha value is -3.53. The van der Waals surface area contributed by atoms with E-state index < -0.39 is 0 Å². The summed E-state index contributed by atoms with van der Waals surface area (Å²) >= 11 is 0. The highest BCUT2D eigenvalue weighted by Gasteiger charge is 2.25. The molecule has 0 radical (unpaired) electrons. The van der Waals surface area contributed by atoms with Crippen LogP contribution in [0.1, 0.15) is 0 Å². The van der Waals surface area contributed by atoms with Gasteiger partial charge in [0.15, 0.2) is 5.52 Å². The van der Waals surface area contributed by atoms with Crippen molar-refractivity contribution in [2.75, 3.05) is 52.3 Å². The lowest BCUT2D eigenvalue weighted by Crippen LogP contribution is -2.50. The number of urea groups is 1. The minimum atomic E-state index is -0.346. The molecule has 0 spiro atoms. The molecule has 0 saturated carbocycles.